The van der Waals surface area contributed by atoms with Gasteiger partial charge in [0.25, 0.3) is 0 Å². The van der Waals surface area contributed by atoms with E-state index in [1.807, 2.05) is 0 Å². The SMILES string of the molecule is CC1=NC2CCC(C)CC2C1C. The van der Waals surface area contributed by atoms with Gasteiger partial charge in [-0.1, -0.05) is 13.8 Å². The molecule has 0 bridgehead atoms. The van der Waals surface area contributed by atoms with Gasteiger partial charge >= 0.3 is 0 Å². The van der Waals surface area contributed by atoms with Crippen molar-refractivity contribution >= 4 is 5.71 Å². The Labute approximate surface area is 75.3 Å². The van der Waals surface area contributed by atoms with E-state index in [9.17, 15) is 0 Å². The molecular formula is C11H19N. The average molecular weight is 165 g/mol. The van der Waals surface area contributed by atoms with Gasteiger partial charge < -0.3 is 0 Å². The highest BCUT2D eigenvalue weighted by Crippen LogP contribution is 2.40. The fourth-order valence-electron chi connectivity index (χ4n) is 2.80. The summed E-state index contributed by atoms with van der Waals surface area (Å²) in [5.41, 5.74) is 1.40. The van der Waals surface area contributed by atoms with E-state index >= 15 is 0 Å². The highest BCUT2D eigenvalue weighted by molar-refractivity contribution is 5.86. The largest absolute Gasteiger partial charge is 0.291 e. The van der Waals surface area contributed by atoms with Crippen molar-refractivity contribution in [3.63, 3.8) is 0 Å². The summed E-state index contributed by atoms with van der Waals surface area (Å²) in [5, 5.41) is 0. The van der Waals surface area contributed by atoms with Crippen LogP contribution in [0.25, 0.3) is 0 Å². The van der Waals surface area contributed by atoms with Gasteiger partial charge in [0.1, 0.15) is 0 Å². The molecule has 1 aliphatic carbocycles. The zero-order valence-electron chi connectivity index (χ0n) is 8.38. The predicted molar refractivity (Wildman–Crippen MR) is 52.6 cm³/mol. The first-order valence-corrected chi connectivity index (χ1v) is 5.22. The molecule has 0 aromatic rings. The summed E-state index contributed by atoms with van der Waals surface area (Å²) in [6.07, 6.45) is 4.14. The third-order valence-electron chi connectivity index (χ3n) is 3.79. The Hall–Kier alpha value is -0.330. The third kappa shape index (κ3) is 1.19. The fraction of sp³-hybridized carbons (Fsp3) is 0.909. The molecule has 0 radical (unpaired) electrons. The van der Waals surface area contributed by atoms with E-state index in [4.69, 9.17) is 4.99 Å². The van der Waals surface area contributed by atoms with Crippen LogP contribution in [0.15, 0.2) is 4.99 Å². The molecular weight excluding hydrogens is 146 g/mol. The van der Waals surface area contributed by atoms with E-state index < -0.39 is 0 Å². The summed E-state index contributed by atoms with van der Waals surface area (Å²) in [6.45, 7) is 6.94. The molecule has 1 heteroatoms. The first-order chi connectivity index (χ1) is 5.68. The van der Waals surface area contributed by atoms with Crippen molar-refractivity contribution in [1.29, 1.82) is 0 Å². The topological polar surface area (TPSA) is 12.4 Å². The van der Waals surface area contributed by atoms with Gasteiger partial charge in [0.05, 0.1) is 6.04 Å². The predicted octanol–water partition coefficient (Wildman–Crippen LogP) is 2.90. The first-order valence-electron chi connectivity index (χ1n) is 5.22. The normalized spacial score (nSPS) is 47.1. The summed E-state index contributed by atoms with van der Waals surface area (Å²) < 4.78 is 0. The lowest BCUT2D eigenvalue weighted by Crippen LogP contribution is -2.27. The van der Waals surface area contributed by atoms with Crippen LogP contribution in [0.4, 0.5) is 0 Å². The average Bonchev–Trinajstić information content (AvgIpc) is 2.31. The van der Waals surface area contributed by atoms with Crippen molar-refractivity contribution in [2.45, 2.75) is 46.1 Å². The highest BCUT2D eigenvalue weighted by atomic mass is 14.9. The third-order valence-corrected chi connectivity index (χ3v) is 3.79. The lowest BCUT2D eigenvalue weighted by atomic mass is 9.74. The van der Waals surface area contributed by atoms with E-state index in [1.165, 1.54) is 25.0 Å². The van der Waals surface area contributed by atoms with Gasteiger partial charge in [-0.05, 0) is 43.9 Å². The zero-order chi connectivity index (χ0) is 8.72. The number of hydrogen-bond donors (Lipinski definition) is 0. The van der Waals surface area contributed by atoms with E-state index in [0.717, 1.165) is 17.8 Å². The summed E-state index contributed by atoms with van der Waals surface area (Å²) in [4.78, 5) is 4.74. The van der Waals surface area contributed by atoms with Gasteiger partial charge in [0, 0.05) is 5.71 Å². The van der Waals surface area contributed by atoms with Gasteiger partial charge in [0.2, 0.25) is 0 Å². The second-order valence-electron chi connectivity index (χ2n) is 4.71. The number of nitrogens with zero attached hydrogens (tertiary/aromatic N) is 1. The molecule has 68 valence electrons. The first kappa shape index (κ1) is 8.28. The van der Waals surface area contributed by atoms with E-state index in [-0.39, 0.29) is 0 Å². The van der Waals surface area contributed by atoms with Gasteiger partial charge in [-0.3, -0.25) is 4.99 Å². The van der Waals surface area contributed by atoms with Crippen molar-refractivity contribution in [1.82, 2.24) is 0 Å². The molecule has 0 spiro atoms. The van der Waals surface area contributed by atoms with Crippen LogP contribution in [0.5, 0.6) is 0 Å². The molecule has 1 saturated carbocycles. The van der Waals surface area contributed by atoms with Gasteiger partial charge in [0.15, 0.2) is 0 Å². The maximum atomic E-state index is 4.74. The van der Waals surface area contributed by atoms with Crippen LogP contribution in [-0.2, 0) is 0 Å². The maximum Gasteiger partial charge on any atom is 0.0533 e. The number of hydrogen-bond acceptors (Lipinski definition) is 1. The van der Waals surface area contributed by atoms with Crippen LogP contribution in [0.1, 0.15) is 40.0 Å². The molecule has 2 aliphatic rings. The monoisotopic (exact) mass is 165 g/mol. The standard InChI is InChI=1S/C11H19N/c1-7-4-5-11-10(6-7)8(2)9(3)12-11/h7-8,10-11H,4-6H2,1-3H3. The Bertz CT molecular complexity index is 207. The minimum absolute atomic E-state index is 0.691. The minimum Gasteiger partial charge on any atom is -0.291 e. The fourth-order valence-corrected chi connectivity index (χ4v) is 2.80. The number of rotatable bonds is 0. The van der Waals surface area contributed by atoms with Gasteiger partial charge in [-0.2, -0.15) is 0 Å². The molecule has 12 heavy (non-hydrogen) atoms. The van der Waals surface area contributed by atoms with E-state index in [1.54, 1.807) is 0 Å². The zero-order valence-corrected chi connectivity index (χ0v) is 8.38. The van der Waals surface area contributed by atoms with E-state index in [2.05, 4.69) is 20.8 Å². The van der Waals surface area contributed by atoms with Crippen LogP contribution in [0, 0.1) is 17.8 Å². The van der Waals surface area contributed by atoms with Crippen LogP contribution in [0.2, 0.25) is 0 Å². The summed E-state index contributed by atoms with van der Waals surface area (Å²) in [6, 6.07) is 0.691. The number of fused-ring (bicyclic) bond motifs is 1. The lowest BCUT2D eigenvalue weighted by molar-refractivity contribution is 0.235. The molecule has 1 fully saturated rings. The number of aliphatic imine (C=N–C) groups is 1. The van der Waals surface area contributed by atoms with Crippen LogP contribution < -0.4 is 0 Å². The Morgan fingerprint density at radius 1 is 1.25 bits per heavy atom. The van der Waals surface area contributed by atoms with Crippen LogP contribution >= 0.6 is 0 Å². The van der Waals surface area contributed by atoms with Gasteiger partial charge in [-0.15, -0.1) is 0 Å². The molecule has 4 atom stereocenters. The van der Waals surface area contributed by atoms with E-state index in [0.29, 0.717) is 6.04 Å². The highest BCUT2D eigenvalue weighted by Gasteiger charge is 2.37. The van der Waals surface area contributed by atoms with Gasteiger partial charge in [-0.25, -0.2) is 0 Å². The van der Waals surface area contributed by atoms with Crippen molar-refractivity contribution < 1.29 is 0 Å². The molecule has 0 amide bonds. The van der Waals surface area contributed by atoms with Crippen LogP contribution in [0.3, 0.4) is 0 Å². The van der Waals surface area contributed by atoms with Crippen molar-refractivity contribution in [3.05, 3.63) is 0 Å². The quantitative estimate of drug-likeness (QED) is 0.523. The van der Waals surface area contributed by atoms with Crippen molar-refractivity contribution in [2.24, 2.45) is 22.7 Å². The maximum absolute atomic E-state index is 4.74. The molecule has 0 N–H and O–H groups in total. The van der Waals surface area contributed by atoms with Crippen molar-refractivity contribution in [3.8, 4) is 0 Å². The molecule has 1 nitrogen and oxygen atoms in total. The molecule has 4 unspecified atom stereocenters. The second-order valence-corrected chi connectivity index (χ2v) is 4.71. The molecule has 2 rings (SSSR count). The second kappa shape index (κ2) is 2.86. The summed E-state index contributed by atoms with van der Waals surface area (Å²) in [7, 11) is 0. The molecule has 1 aliphatic heterocycles. The summed E-state index contributed by atoms with van der Waals surface area (Å²) in [5.74, 6) is 2.58. The van der Waals surface area contributed by atoms with Crippen molar-refractivity contribution in [2.75, 3.05) is 0 Å². The molecule has 1 heterocycles. The lowest BCUT2D eigenvalue weighted by Gasteiger charge is -2.30. The molecule has 0 saturated heterocycles. The summed E-state index contributed by atoms with van der Waals surface area (Å²) >= 11 is 0. The molecule has 0 aromatic heterocycles. The Morgan fingerprint density at radius 2 is 2.00 bits per heavy atom. The Balaban J connectivity index is 2.11. The molecule has 0 aromatic carbocycles. The Kier molecular flexibility index (Phi) is 1.97. The smallest absolute Gasteiger partial charge is 0.0533 e. The Morgan fingerprint density at radius 3 is 2.75 bits per heavy atom. The minimum atomic E-state index is 0.691. The van der Waals surface area contributed by atoms with Crippen LogP contribution in [-0.4, -0.2) is 11.8 Å².